The summed E-state index contributed by atoms with van der Waals surface area (Å²) in [5, 5.41) is 5.29. The average molecular weight is 401 g/mol. The Balaban J connectivity index is 1.64. The standard InChI is InChI=1S/C19H20Cl3NO2/c20-14-6-7-19(25-12-16-17(21)4-1-5-18(16)22)13(9-14)10-23-11-15-3-2-8-24-15/h1,4-7,9,15,23H,2-3,8,10-12H2. The Labute approximate surface area is 163 Å². The molecule has 1 heterocycles. The van der Waals surface area contributed by atoms with Gasteiger partial charge in [-0.3, -0.25) is 0 Å². The molecule has 2 aromatic carbocycles. The van der Waals surface area contributed by atoms with E-state index in [-0.39, 0.29) is 0 Å². The van der Waals surface area contributed by atoms with Gasteiger partial charge in [0.15, 0.2) is 0 Å². The fourth-order valence-corrected chi connectivity index (χ4v) is 3.52. The van der Waals surface area contributed by atoms with E-state index in [9.17, 15) is 0 Å². The Morgan fingerprint density at radius 2 is 1.92 bits per heavy atom. The molecule has 1 unspecified atom stereocenters. The topological polar surface area (TPSA) is 30.5 Å². The highest BCUT2D eigenvalue weighted by atomic mass is 35.5. The second-order valence-electron chi connectivity index (χ2n) is 6.01. The van der Waals surface area contributed by atoms with E-state index in [1.165, 1.54) is 0 Å². The van der Waals surface area contributed by atoms with E-state index in [0.717, 1.165) is 42.9 Å². The Kier molecular flexibility index (Phi) is 6.85. The van der Waals surface area contributed by atoms with Gasteiger partial charge in [-0.05, 0) is 43.2 Å². The van der Waals surface area contributed by atoms with Crippen LogP contribution >= 0.6 is 34.8 Å². The SMILES string of the molecule is Clc1ccc(OCc2c(Cl)cccc2Cl)c(CNCC2CCCO2)c1. The number of halogens is 3. The summed E-state index contributed by atoms with van der Waals surface area (Å²) in [6, 6.07) is 11.0. The van der Waals surface area contributed by atoms with Crippen molar-refractivity contribution in [1.82, 2.24) is 5.32 Å². The molecular weight excluding hydrogens is 381 g/mol. The van der Waals surface area contributed by atoms with Gasteiger partial charge in [0.2, 0.25) is 0 Å². The minimum absolute atomic E-state index is 0.297. The first-order chi connectivity index (χ1) is 12.1. The Bertz CT molecular complexity index is 698. The molecular formula is C19H20Cl3NO2. The van der Waals surface area contributed by atoms with E-state index >= 15 is 0 Å². The lowest BCUT2D eigenvalue weighted by Gasteiger charge is -2.15. The molecule has 3 nitrogen and oxygen atoms in total. The zero-order valence-corrected chi connectivity index (χ0v) is 16.0. The third kappa shape index (κ3) is 5.25. The maximum absolute atomic E-state index is 6.21. The molecule has 2 aromatic rings. The van der Waals surface area contributed by atoms with Crippen molar-refractivity contribution in [1.29, 1.82) is 0 Å². The monoisotopic (exact) mass is 399 g/mol. The van der Waals surface area contributed by atoms with E-state index < -0.39 is 0 Å². The van der Waals surface area contributed by atoms with Gasteiger partial charge in [-0.25, -0.2) is 0 Å². The highest BCUT2D eigenvalue weighted by Gasteiger charge is 2.15. The van der Waals surface area contributed by atoms with Crippen molar-refractivity contribution in [2.45, 2.75) is 32.1 Å². The lowest BCUT2D eigenvalue weighted by Crippen LogP contribution is -2.26. The van der Waals surface area contributed by atoms with Gasteiger partial charge >= 0.3 is 0 Å². The second kappa shape index (κ2) is 9.11. The molecule has 1 N–H and O–H groups in total. The largest absolute Gasteiger partial charge is 0.488 e. The predicted molar refractivity (Wildman–Crippen MR) is 103 cm³/mol. The molecule has 0 saturated carbocycles. The van der Waals surface area contributed by atoms with Crippen LogP contribution in [0.5, 0.6) is 5.75 Å². The smallest absolute Gasteiger partial charge is 0.124 e. The summed E-state index contributed by atoms with van der Waals surface area (Å²) < 4.78 is 11.6. The van der Waals surface area contributed by atoms with Gasteiger partial charge in [-0.2, -0.15) is 0 Å². The van der Waals surface area contributed by atoms with Crippen LogP contribution in [0.25, 0.3) is 0 Å². The number of hydrogen-bond acceptors (Lipinski definition) is 3. The van der Waals surface area contributed by atoms with Crippen molar-refractivity contribution in [3.8, 4) is 5.75 Å². The number of ether oxygens (including phenoxy) is 2. The summed E-state index contributed by atoms with van der Waals surface area (Å²) in [6.45, 7) is 2.64. The molecule has 0 spiro atoms. The summed E-state index contributed by atoms with van der Waals surface area (Å²) in [5.41, 5.74) is 1.77. The van der Waals surface area contributed by atoms with Gasteiger partial charge in [-0.15, -0.1) is 0 Å². The lowest BCUT2D eigenvalue weighted by molar-refractivity contribution is 0.110. The molecule has 1 saturated heterocycles. The van der Waals surface area contributed by atoms with Crippen molar-refractivity contribution in [2.24, 2.45) is 0 Å². The fourth-order valence-electron chi connectivity index (χ4n) is 2.82. The highest BCUT2D eigenvalue weighted by molar-refractivity contribution is 6.36. The Morgan fingerprint density at radius 1 is 1.12 bits per heavy atom. The Morgan fingerprint density at radius 3 is 2.64 bits per heavy atom. The van der Waals surface area contributed by atoms with Crippen molar-refractivity contribution in [2.75, 3.05) is 13.2 Å². The van der Waals surface area contributed by atoms with Gasteiger partial charge in [0.05, 0.1) is 6.10 Å². The minimum Gasteiger partial charge on any atom is -0.488 e. The number of hydrogen-bond donors (Lipinski definition) is 1. The summed E-state index contributed by atoms with van der Waals surface area (Å²) in [6.07, 6.45) is 2.54. The summed E-state index contributed by atoms with van der Waals surface area (Å²) in [4.78, 5) is 0. The van der Waals surface area contributed by atoms with Crippen LogP contribution in [0, 0.1) is 0 Å². The highest BCUT2D eigenvalue weighted by Crippen LogP contribution is 2.28. The van der Waals surface area contributed by atoms with Crippen LogP contribution in [0.15, 0.2) is 36.4 Å². The second-order valence-corrected chi connectivity index (χ2v) is 7.26. The van der Waals surface area contributed by atoms with Crippen LogP contribution in [0.2, 0.25) is 15.1 Å². The molecule has 1 atom stereocenters. The van der Waals surface area contributed by atoms with Crippen LogP contribution in [0.1, 0.15) is 24.0 Å². The molecule has 0 radical (unpaired) electrons. The van der Waals surface area contributed by atoms with Gasteiger partial charge in [0.1, 0.15) is 12.4 Å². The molecule has 1 aliphatic heterocycles. The van der Waals surface area contributed by atoms with Gasteiger partial charge in [0.25, 0.3) is 0 Å². The van der Waals surface area contributed by atoms with Crippen molar-refractivity contribution in [3.05, 3.63) is 62.6 Å². The molecule has 0 amide bonds. The lowest BCUT2D eigenvalue weighted by atomic mass is 10.2. The van der Waals surface area contributed by atoms with Crippen LogP contribution in [0.4, 0.5) is 0 Å². The van der Waals surface area contributed by atoms with Crippen LogP contribution in [0.3, 0.4) is 0 Å². The number of nitrogens with one attached hydrogen (secondary N) is 1. The molecule has 134 valence electrons. The molecule has 3 rings (SSSR count). The third-order valence-electron chi connectivity index (χ3n) is 4.17. The van der Waals surface area contributed by atoms with Crippen molar-refractivity contribution >= 4 is 34.8 Å². The van der Waals surface area contributed by atoms with Gasteiger partial charge in [0, 0.05) is 45.9 Å². The molecule has 6 heteroatoms. The molecule has 0 aromatic heterocycles. The maximum Gasteiger partial charge on any atom is 0.124 e. The van der Waals surface area contributed by atoms with E-state index in [1.807, 2.05) is 24.3 Å². The first kappa shape index (κ1) is 18.8. The average Bonchev–Trinajstić information content (AvgIpc) is 3.09. The zero-order valence-electron chi connectivity index (χ0n) is 13.7. The number of benzene rings is 2. The van der Waals surface area contributed by atoms with E-state index in [4.69, 9.17) is 44.3 Å². The first-order valence-corrected chi connectivity index (χ1v) is 9.43. The van der Waals surface area contributed by atoms with E-state index in [1.54, 1.807) is 12.1 Å². The molecule has 1 fully saturated rings. The maximum atomic E-state index is 6.21. The molecule has 0 aliphatic carbocycles. The molecule has 25 heavy (non-hydrogen) atoms. The quantitative estimate of drug-likeness (QED) is 0.666. The minimum atomic E-state index is 0.297. The van der Waals surface area contributed by atoms with Crippen molar-refractivity contribution in [3.63, 3.8) is 0 Å². The Hall–Kier alpha value is -0.970. The number of rotatable bonds is 7. The molecule has 0 bridgehead atoms. The predicted octanol–water partition coefficient (Wildman–Crippen LogP) is 5.49. The fraction of sp³-hybridized carbons (Fsp3) is 0.368. The summed E-state index contributed by atoms with van der Waals surface area (Å²) in [7, 11) is 0. The van der Waals surface area contributed by atoms with Crippen LogP contribution in [-0.4, -0.2) is 19.3 Å². The van der Waals surface area contributed by atoms with Gasteiger partial charge < -0.3 is 14.8 Å². The van der Waals surface area contributed by atoms with E-state index in [0.29, 0.717) is 34.3 Å². The van der Waals surface area contributed by atoms with Gasteiger partial charge in [-0.1, -0.05) is 40.9 Å². The van der Waals surface area contributed by atoms with Crippen molar-refractivity contribution < 1.29 is 9.47 Å². The molecule has 1 aliphatic rings. The summed E-state index contributed by atoms with van der Waals surface area (Å²) in [5.74, 6) is 0.764. The van der Waals surface area contributed by atoms with E-state index in [2.05, 4.69) is 5.32 Å². The zero-order chi connectivity index (χ0) is 17.6. The first-order valence-electron chi connectivity index (χ1n) is 8.30. The third-order valence-corrected chi connectivity index (χ3v) is 5.11. The van der Waals surface area contributed by atoms with Crippen LogP contribution < -0.4 is 10.1 Å². The normalized spacial score (nSPS) is 17.0. The van der Waals surface area contributed by atoms with Crippen LogP contribution in [-0.2, 0) is 17.9 Å². The summed E-state index contributed by atoms with van der Waals surface area (Å²) >= 11 is 18.6.